The number of benzene rings is 2. The number of para-hydroxylation sites is 1. The maximum Gasteiger partial charge on any atom is 0.282 e. The van der Waals surface area contributed by atoms with Crippen LogP contribution >= 0.6 is 0 Å². The molecule has 0 N–H and O–H groups in total. The molecule has 4 rings (SSSR count). The molecule has 4 heteroatoms. The van der Waals surface area contributed by atoms with Crippen LogP contribution in [0.4, 0.5) is 5.69 Å². The lowest BCUT2D eigenvalue weighted by Gasteiger charge is -2.20. The molecule has 0 aliphatic carbocycles. The Morgan fingerprint density at radius 3 is 2.15 bits per heavy atom. The van der Waals surface area contributed by atoms with Crippen molar-refractivity contribution in [1.82, 2.24) is 4.90 Å². The number of rotatable bonds is 3. The third-order valence-electron chi connectivity index (χ3n) is 5.29. The van der Waals surface area contributed by atoms with E-state index in [1.54, 1.807) is 12.1 Å². The van der Waals surface area contributed by atoms with Gasteiger partial charge in [-0.1, -0.05) is 36.4 Å². The molecule has 0 unspecified atom stereocenters. The molecule has 132 valence electrons. The predicted molar refractivity (Wildman–Crippen MR) is 103 cm³/mol. The molecule has 2 aromatic carbocycles. The van der Waals surface area contributed by atoms with Crippen molar-refractivity contribution in [2.45, 2.75) is 26.7 Å². The maximum atomic E-state index is 13.3. The first kappa shape index (κ1) is 16.6. The molecule has 0 aromatic heterocycles. The highest BCUT2D eigenvalue weighted by Gasteiger charge is 2.42. The first-order valence-corrected chi connectivity index (χ1v) is 9.08. The summed E-state index contributed by atoms with van der Waals surface area (Å²) in [7, 11) is 0. The zero-order chi connectivity index (χ0) is 18.3. The Balaban J connectivity index is 1.86. The molecule has 4 nitrogen and oxygen atoms in total. The van der Waals surface area contributed by atoms with Gasteiger partial charge in [-0.3, -0.25) is 9.59 Å². The average molecular weight is 346 g/mol. The van der Waals surface area contributed by atoms with Gasteiger partial charge in [0.15, 0.2) is 0 Å². The Bertz CT molecular complexity index is 909. The molecule has 0 spiro atoms. The van der Waals surface area contributed by atoms with Crippen molar-refractivity contribution in [2.24, 2.45) is 0 Å². The number of nitrogens with zero attached hydrogens (tertiary/aromatic N) is 2. The van der Waals surface area contributed by atoms with Gasteiger partial charge in [0.05, 0.1) is 11.3 Å². The summed E-state index contributed by atoms with van der Waals surface area (Å²) in [6.07, 6.45) is 2.10. The number of imide groups is 1. The zero-order valence-corrected chi connectivity index (χ0v) is 15.2. The number of carbonyl (C=O) groups is 2. The molecule has 0 atom stereocenters. The maximum absolute atomic E-state index is 13.3. The van der Waals surface area contributed by atoms with Crippen LogP contribution in [-0.4, -0.2) is 29.8 Å². The van der Waals surface area contributed by atoms with Gasteiger partial charge in [-0.05, 0) is 55.5 Å². The van der Waals surface area contributed by atoms with Gasteiger partial charge in [0.2, 0.25) is 0 Å². The molecule has 2 amide bonds. The smallest absolute Gasteiger partial charge is 0.282 e. The van der Waals surface area contributed by atoms with E-state index in [1.165, 1.54) is 10.5 Å². The van der Waals surface area contributed by atoms with Gasteiger partial charge in [0, 0.05) is 13.1 Å². The normalized spacial score (nSPS) is 17.6. The summed E-state index contributed by atoms with van der Waals surface area (Å²) in [5, 5.41) is 0. The second kappa shape index (κ2) is 6.45. The van der Waals surface area contributed by atoms with Crippen LogP contribution in [0.1, 0.15) is 29.5 Å². The van der Waals surface area contributed by atoms with Gasteiger partial charge in [-0.25, -0.2) is 4.90 Å². The minimum atomic E-state index is -0.230. The second-order valence-corrected chi connectivity index (χ2v) is 7.00. The van der Waals surface area contributed by atoms with Gasteiger partial charge < -0.3 is 4.90 Å². The second-order valence-electron chi connectivity index (χ2n) is 7.00. The highest BCUT2D eigenvalue weighted by Crippen LogP contribution is 2.36. The van der Waals surface area contributed by atoms with Gasteiger partial charge in [0.1, 0.15) is 5.70 Å². The van der Waals surface area contributed by atoms with Crippen molar-refractivity contribution in [3.8, 4) is 0 Å². The van der Waals surface area contributed by atoms with E-state index in [-0.39, 0.29) is 11.8 Å². The summed E-state index contributed by atoms with van der Waals surface area (Å²) in [5.74, 6) is -0.442. The van der Waals surface area contributed by atoms with Crippen LogP contribution in [-0.2, 0) is 9.59 Å². The van der Waals surface area contributed by atoms with Gasteiger partial charge in [0.25, 0.3) is 11.8 Å². The summed E-state index contributed by atoms with van der Waals surface area (Å²) in [6, 6.07) is 15.2. The number of hydrogen-bond donors (Lipinski definition) is 0. The first-order chi connectivity index (χ1) is 12.6. The number of aryl methyl sites for hydroxylation is 2. The fourth-order valence-electron chi connectivity index (χ4n) is 3.72. The third kappa shape index (κ3) is 2.62. The van der Waals surface area contributed by atoms with Crippen molar-refractivity contribution >= 4 is 23.1 Å². The minimum absolute atomic E-state index is 0.212. The molecule has 0 bridgehead atoms. The number of amides is 2. The van der Waals surface area contributed by atoms with Crippen LogP contribution in [0.5, 0.6) is 0 Å². The number of anilines is 1. The van der Waals surface area contributed by atoms with E-state index in [1.807, 2.05) is 50.2 Å². The standard InChI is InChI=1S/C22H22N2O2/c1-15-10-11-17(14-16(15)2)19-20(23-12-6-7-13-23)22(26)24(21(19)25)18-8-4-3-5-9-18/h3-5,8-11,14H,6-7,12-13H2,1-2H3. The molecule has 0 saturated carbocycles. The molecule has 26 heavy (non-hydrogen) atoms. The lowest BCUT2D eigenvalue weighted by molar-refractivity contribution is -0.120. The molecule has 1 saturated heterocycles. The summed E-state index contributed by atoms with van der Waals surface area (Å²) >= 11 is 0. The number of carbonyl (C=O) groups excluding carboxylic acids is 2. The molecule has 2 aromatic rings. The predicted octanol–water partition coefficient (Wildman–Crippen LogP) is 3.68. The molecular formula is C22H22N2O2. The van der Waals surface area contributed by atoms with E-state index in [2.05, 4.69) is 4.90 Å². The van der Waals surface area contributed by atoms with E-state index < -0.39 is 0 Å². The van der Waals surface area contributed by atoms with Crippen LogP contribution in [0.25, 0.3) is 5.57 Å². The minimum Gasteiger partial charge on any atom is -0.366 e. The topological polar surface area (TPSA) is 40.6 Å². The highest BCUT2D eigenvalue weighted by molar-refractivity contribution is 6.45. The summed E-state index contributed by atoms with van der Waals surface area (Å²) in [4.78, 5) is 29.9. The Labute approximate surface area is 153 Å². The van der Waals surface area contributed by atoms with Gasteiger partial charge >= 0.3 is 0 Å². The van der Waals surface area contributed by atoms with Crippen LogP contribution < -0.4 is 4.90 Å². The summed E-state index contributed by atoms with van der Waals surface area (Å²) < 4.78 is 0. The molecule has 1 fully saturated rings. The van der Waals surface area contributed by atoms with Crippen molar-refractivity contribution in [3.63, 3.8) is 0 Å². The fourth-order valence-corrected chi connectivity index (χ4v) is 3.72. The summed E-state index contributed by atoms with van der Waals surface area (Å²) in [5.41, 5.74) is 4.83. The lowest BCUT2D eigenvalue weighted by atomic mass is 9.99. The van der Waals surface area contributed by atoms with Crippen LogP contribution in [0.15, 0.2) is 54.2 Å². The zero-order valence-electron chi connectivity index (χ0n) is 15.2. The third-order valence-corrected chi connectivity index (χ3v) is 5.29. The van der Waals surface area contributed by atoms with E-state index >= 15 is 0 Å². The van der Waals surface area contributed by atoms with Crippen molar-refractivity contribution in [1.29, 1.82) is 0 Å². The van der Waals surface area contributed by atoms with Crippen molar-refractivity contribution in [3.05, 3.63) is 70.9 Å². The Morgan fingerprint density at radius 2 is 1.50 bits per heavy atom. The Hall–Kier alpha value is -2.88. The molecule has 2 heterocycles. The van der Waals surface area contributed by atoms with Crippen LogP contribution in [0.2, 0.25) is 0 Å². The SMILES string of the molecule is Cc1ccc(C2=C(N3CCCC3)C(=O)N(c3ccccc3)C2=O)cc1C. The van der Waals surface area contributed by atoms with Crippen LogP contribution in [0, 0.1) is 13.8 Å². The van der Waals surface area contributed by atoms with E-state index in [9.17, 15) is 9.59 Å². The quantitative estimate of drug-likeness (QED) is 0.796. The molecule has 2 aliphatic rings. The van der Waals surface area contributed by atoms with E-state index in [4.69, 9.17) is 0 Å². The number of likely N-dealkylation sites (tertiary alicyclic amines) is 1. The number of hydrogen-bond acceptors (Lipinski definition) is 3. The van der Waals surface area contributed by atoms with E-state index in [0.29, 0.717) is 17.0 Å². The Morgan fingerprint density at radius 1 is 0.808 bits per heavy atom. The first-order valence-electron chi connectivity index (χ1n) is 9.08. The highest BCUT2D eigenvalue weighted by atomic mass is 16.2. The molecule has 0 radical (unpaired) electrons. The average Bonchev–Trinajstić information content (AvgIpc) is 3.24. The largest absolute Gasteiger partial charge is 0.366 e. The lowest BCUT2D eigenvalue weighted by Crippen LogP contribution is -2.34. The summed E-state index contributed by atoms with van der Waals surface area (Å²) in [6.45, 7) is 5.73. The molecular weight excluding hydrogens is 324 g/mol. The monoisotopic (exact) mass is 346 g/mol. The van der Waals surface area contributed by atoms with Crippen molar-refractivity contribution in [2.75, 3.05) is 18.0 Å². The Kier molecular flexibility index (Phi) is 4.11. The van der Waals surface area contributed by atoms with Crippen LogP contribution in [0.3, 0.4) is 0 Å². The molecule has 2 aliphatic heterocycles. The fraction of sp³-hybridized carbons (Fsp3) is 0.273. The van der Waals surface area contributed by atoms with Crippen molar-refractivity contribution < 1.29 is 9.59 Å². The van der Waals surface area contributed by atoms with Gasteiger partial charge in [-0.2, -0.15) is 0 Å². The van der Waals surface area contributed by atoms with Gasteiger partial charge in [-0.15, -0.1) is 0 Å². The van der Waals surface area contributed by atoms with E-state index in [0.717, 1.165) is 37.1 Å².